The normalized spacial score (nSPS) is 14.7. The number of anilines is 1. The first kappa shape index (κ1) is 20.2. The van der Waals surface area contributed by atoms with Crippen molar-refractivity contribution in [1.82, 2.24) is 4.72 Å². The van der Waals surface area contributed by atoms with Gasteiger partial charge in [-0.15, -0.1) is 0 Å². The molecule has 3 aromatic carbocycles. The van der Waals surface area contributed by atoms with Crippen LogP contribution in [0, 0.1) is 0 Å². The Balaban J connectivity index is 1.47. The van der Waals surface area contributed by atoms with E-state index in [1.165, 1.54) is 19.1 Å². The largest absolute Gasteiger partial charge is 0.490 e. The molecule has 0 saturated heterocycles. The van der Waals surface area contributed by atoms with Gasteiger partial charge >= 0.3 is 0 Å². The number of benzene rings is 3. The van der Waals surface area contributed by atoms with E-state index in [4.69, 9.17) is 9.47 Å². The van der Waals surface area contributed by atoms with Crippen molar-refractivity contribution >= 4 is 32.4 Å². The van der Waals surface area contributed by atoms with Crippen LogP contribution in [0.2, 0.25) is 0 Å². The van der Waals surface area contributed by atoms with Crippen molar-refractivity contribution in [3.63, 3.8) is 0 Å². The van der Waals surface area contributed by atoms with Gasteiger partial charge < -0.3 is 14.8 Å². The maximum Gasteiger partial charge on any atom is 0.242 e. The molecular weight excluding hydrogens is 404 g/mol. The van der Waals surface area contributed by atoms with Crippen LogP contribution in [0.5, 0.6) is 11.5 Å². The van der Waals surface area contributed by atoms with Gasteiger partial charge in [-0.2, -0.15) is 4.72 Å². The highest BCUT2D eigenvalue weighted by atomic mass is 32.2. The molecule has 2 N–H and O–H groups in total. The third-order valence-electron chi connectivity index (χ3n) is 4.77. The maximum absolute atomic E-state index is 12.8. The van der Waals surface area contributed by atoms with Crippen molar-refractivity contribution in [2.24, 2.45) is 0 Å². The van der Waals surface area contributed by atoms with E-state index in [9.17, 15) is 13.2 Å². The first-order chi connectivity index (χ1) is 14.4. The molecule has 8 heteroatoms. The van der Waals surface area contributed by atoms with Gasteiger partial charge in [0, 0.05) is 18.2 Å². The minimum Gasteiger partial charge on any atom is -0.490 e. The summed E-state index contributed by atoms with van der Waals surface area (Å²) in [6.45, 7) is 2.47. The summed E-state index contributed by atoms with van der Waals surface area (Å²) in [5, 5.41) is 4.79. The molecule has 4 rings (SSSR count). The van der Waals surface area contributed by atoms with Gasteiger partial charge in [-0.05, 0) is 42.0 Å². The summed E-state index contributed by atoms with van der Waals surface area (Å²) in [5.74, 6) is 0.431. The van der Waals surface area contributed by atoms with Crippen molar-refractivity contribution < 1.29 is 22.7 Å². The molecule has 0 unspecified atom stereocenters. The fourth-order valence-electron chi connectivity index (χ4n) is 3.18. The summed E-state index contributed by atoms with van der Waals surface area (Å²) in [4.78, 5) is 12.6. The van der Waals surface area contributed by atoms with Gasteiger partial charge in [-0.1, -0.05) is 30.3 Å². The summed E-state index contributed by atoms with van der Waals surface area (Å²) < 4.78 is 39.0. The monoisotopic (exact) mass is 426 g/mol. The molecule has 0 saturated carbocycles. The average Bonchev–Trinajstić information content (AvgIpc) is 2.98. The van der Waals surface area contributed by atoms with Gasteiger partial charge in [-0.3, -0.25) is 4.79 Å². The molecule has 0 aliphatic carbocycles. The summed E-state index contributed by atoms with van der Waals surface area (Å²) >= 11 is 0. The number of amides is 1. The third-order valence-corrected chi connectivity index (χ3v) is 6.31. The Hall–Kier alpha value is -3.10. The summed E-state index contributed by atoms with van der Waals surface area (Å²) in [6, 6.07) is 16.7. The van der Waals surface area contributed by atoms with Crippen LogP contribution in [-0.2, 0) is 14.8 Å². The second kappa shape index (κ2) is 8.33. The summed E-state index contributed by atoms with van der Waals surface area (Å²) in [6.07, 6.45) is 0.723. The first-order valence-corrected chi connectivity index (χ1v) is 11.1. The standard InChI is InChI=1S/C22H22N2O5S/c1-15(22(25)23-18-8-7-16-5-2-3-6-17(16)13-18)24-30(26,27)19-9-10-20-21(14-19)29-12-4-11-28-20/h2-3,5-10,13-15,24H,4,11-12H2,1H3,(H,23,25)/t15-/m0/s1. The third kappa shape index (κ3) is 4.39. The van der Waals surface area contributed by atoms with Gasteiger partial charge in [0.15, 0.2) is 11.5 Å². The molecule has 1 aliphatic heterocycles. The molecule has 30 heavy (non-hydrogen) atoms. The fourth-order valence-corrected chi connectivity index (χ4v) is 4.40. The predicted molar refractivity (Wildman–Crippen MR) is 114 cm³/mol. The molecular formula is C22H22N2O5S. The highest BCUT2D eigenvalue weighted by Crippen LogP contribution is 2.32. The lowest BCUT2D eigenvalue weighted by Gasteiger charge is -2.16. The Morgan fingerprint density at radius 2 is 1.67 bits per heavy atom. The van der Waals surface area contributed by atoms with Crippen molar-refractivity contribution in [3.8, 4) is 11.5 Å². The molecule has 156 valence electrons. The molecule has 0 bridgehead atoms. The topological polar surface area (TPSA) is 93.7 Å². The molecule has 1 atom stereocenters. The smallest absolute Gasteiger partial charge is 0.242 e. The lowest BCUT2D eigenvalue weighted by molar-refractivity contribution is -0.117. The number of nitrogens with one attached hydrogen (secondary N) is 2. The molecule has 3 aromatic rings. The molecule has 1 aliphatic rings. The van der Waals surface area contributed by atoms with Crippen LogP contribution < -0.4 is 19.5 Å². The number of ether oxygens (including phenoxy) is 2. The van der Waals surface area contributed by atoms with Crippen LogP contribution in [0.1, 0.15) is 13.3 Å². The zero-order valence-corrected chi connectivity index (χ0v) is 17.2. The van der Waals surface area contributed by atoms with Crippen LogP contribution >= 0.6 is 0 Å². The molecule has 1 heterocycles. The van der Waals surface area contributed by atoms with E-state index in [0.717, 1.165) is 17.2 Å². The van der Waals surface area contributed by atoms with E-state index in [1.807, 2.05) is 36.4 Å². The van der Waals surface area contributed by atoms with E-state index in [-0.39, 0.29) is 4.90 Å². The Morgan fingerprint density at radius 1 is 0.933 bits per heavy atom. The molecule has 0 fully saturated rings. The van der Waals surface area contributed by atoms with Gasteiger partial charge in [0.2, 0.25) is 15.9 Å². The molecule has 0 radical (unpaired) electrons. The van der Waals surface area contributed by atoms with E-state index in [1.54, 1.807) is 12.1 Å². The minimum absolute atomic E-state index is 0.0112. The molecule has 0 spiro atoms. The van der Waals surface area contributed by atoms with Crippen molar-refractivity contribution in [2.45, 2.75) is 24.3 Å². The zero-order chi connectivity index (χ0) is 21.1. The van der Waals surface area contributed by atoms with Crippen molar-refractivity contribution in [3.05, 3.63) is 60.7 Å². The van der Waals surface area contributed by atoms with Crippen LogP contribution in [0.15, 0.2) is 65.6 Å². The van der Waals surface area contributed by atoms with Gasteiger partial charge in [-0.25, -0.2) is 8.42 Å². The lowest BCUT2D eigenvalue weighted by atomic mass is 10.1. The molecule has 7 nitrogen and oxygen atoms in total. The Kier molecular flexibility index (Phi) is 5.61. The van der Waals surface area contributed by atoms with Crippen LogP contribution in [0.4, 0.5) is 5.69 Å². The Labute approximate surface area is 175 Å². The number of hydrogen-bond donors (Lipinski definition) is 2. The van der Waals surface area contributed by atoms with Crippen LogP contribution in [0.25, 0.3) is 10.8 Å². The summed E-state index contributed by atoms with van der Waals surface area (Å²) in [5.41, 5.74) is 0.598. The van der Waals surface area contributed by atoms with Crippen molar-refractivity contribution in [1.29, 1.82) is 0 Å². The van der Waals surface area contributed by atoms with Gasteiger partial charge in [0.25, 0.3) is 0 Å². The second-order valence-corrected chi connectivity index (χ2v) is 8.77. The minimum atomic E-state index is -3.92. The Bertz CT molecular complexity index is 1190. The van der Waals surface area contributed by atoms with Gasteiger partial charge in [0.05, 0.1) is 24.2 Å². The lowest BCUT2D eigenvalue weighted by Crippen LogP contribution is -2.41. The van der Waals surface area contributed by atoms with E-state index in [0.29, 0.717) is 30.4 Å². The SMILES string of the molecule is C[C@H](NS(=O)(=O)c1ccc2c(c1)OCCCO2)C(=O)Nc1ccc2ccccc2c1. The number of hydrogen-bond acceptors (Lipinski definition) is 5. The van der Waals surface area contributed by atoms with Gasteiger partial charge in [0.1, 0.15) is 0 Å². The fraction of sp³-hybridized carbons (Fsp3) is 0.227. The number of carbonyl (C=O) groups is 1. The molecule has 1 amide bonds. The number of fused-ring (bicyclic) bond motifs is 2. The highest BCUT2D eigenvalue weighted by molar-refractivity contribution is 7.89. The van der Waals surface area contributed by atoms with E-state index in [2.05, 4.69) is 10.0 Å². The quantitative estimate of drug-likeness (QED) is 0.653. The van der Waals surface area contributed by atoms with Crippen molar-refractivity contribution in [2.75, 3.05) is 18.5 Å². The highest BCUT2D eigenvalue weighted by Gasteiger charge is 2.24. The predicted octanol–water partition coefficient (Wildman–Crippen LogP) is 3.31. The number of carbonyl (C=O) groups excluding carboxylic acids is 1. The maximum atomic E-state index is 12.8. The van der Waals surface area contributed by atoms with E-state index < -0.39 is 22.0 Å². The number of rotatable bonds is 5. The Morgan fingerprint density at radius 3 is 2.47 bits per heavy atom. The van der Waals surface area contributed by atoms with Crippen LogP contribution in [-0.4, -0.2) is 33.6 Å². The van der Waals surface area contributed by atoms with E-state index >= 15 is 0 Å². The average molecular weight is 426 g/mol. The molecule has 0 aromatic heterocycles. The summed E-state index contributed by atoms with van der Waals surface area (Å²) in [7, 11) is -3.92. The first-order valence-electron chi connectivity index (χ1n) is 9.64. The zero-order valence-electron chi connectivity index (χ0n) is 16.4. The van der Waals surface area contributed by atoms with Crippen LogP contribution in [0.3, 0.4) is 0 Å². The number of sulfonamides is 1. The second-order valence-electron chi connectivity index (χ2n) is 7.05.